The molecule has 0 aliphatic carbocycles. The Morgan fingerprint density at radius 2 is 2.30 bits per heavy atom. The molecule has 0 bridgehead atoms. The van der Waals surface area contributed by atoms with Crippen molar-refractivity contribution in [2.24, 2.45) is 0 Å². The highest BCUT2D eigenvalue weighted by Crippen LogP contribution is 2.31. The molecule has 0 aromatic carbocycles. The standard InChI is InChI=1S/C13H15ClN2O2S2/c1-3-9-12(14)10(16(4-2)15-9)7-19-8-5-11(13(17)18)20-6-8/h5-6H,3-4,7H2,1-2H3,(H,17,18). The fraction of sp³-hybridized carbons (Fsp3) is 0.385. The van der Waals surface area contributed by atoms with Crippen LogP contribution in [0.3, 0.4) is 0 Å². The molecule has 2 heterocycles. The van der Waals surface area contributed by atoms with Crippen LogP contribution in [0, 0.1) is 0 Å². The molecular weight excluding hydrogens is 316 g/mol. The molecule has 1 N–H and O–H groups in total. The minimum Gasteiger partial charge on any atom is -0.477 e. The van der Waals surface area contributed by atoms with E-state index >= 15 is 0 Å². The van der Waals surface area contributed by atoms with Gasteiger partial charge in [0.1, 0.15) is 4.88 Å². The van der Waals surface area contributed by atoms with Crippen LogP contribution in [0.4, 0.5) is 0 Å². The summed E-state index contributed by atoms with van der Waals surface area (Å²) in [5.74, 6) is -0.193. The third-order valence-electron chi connectivity index (χ3n) is 2.86. The lowest BCUT2D eigenvalue weighted by Crippen LogP contribution is -2.01. The van der Waals surface area contributed by atoms with Crippen molar-refractivity contribution in [3.8, 4) is 0 Å². The van der Waals surface area contributed by atoms with Crippen LogP contribution < -0.4 is 0 Å². The first kappa shape index (κ1) is 15.4. The molecule has 0 unspecified atom stereocenters. The average Bonchev–Trinajstić information content (AvgIpc) is 3.01. The number of rotatable bonds is 6. The van der Waals surface area contributed by atoms with Gasteiger partial charge in [-0.1, -0.05) is 18.5 Å². The summed E-state index contributed by atoms with van der Waals surface area (Å²) in [6.07, 6.45) is 0.811. The predicted octanol–water partition coefficient (Wildman–Crippen LogP) is 4.17. The summed E-state index contributed by atoms with van der Waals surface area (Å²) in [5.41, 5.74) is 1.92. The molecule has 0 aliphatic rings. The van der Waals surface area contributed by atoms with E-state index < -0.39 is 5.97 Å². The molecule has 2 aromatic rings. The maximum absolute atomic E-state index is 10.9. The zero-order valence-corrected chi connectivity index (χ0v) is 13.6. The smallest absolute Gasteiger partial charge is 0.345 e. The number of aromatic nitrogens is 2. The van der Waals surface area contributed by atoms with Crippen LogP contribution >= 0.6 is 34.7 Å². The van der Waals surface area contributed by atoms with Gasteiger partial charge in [0.05, 0.1) is 16.4 Å². The van der Waals surface area contributed by atoms with E-state index in [1.165, 1.54) is 11.3 Å². The van der Waals surface area contributed by atoms with Crippen LogP contribution in [0.2, 0.25) is 5.02 Å². The molecule has 0 amide bonds. The molecule has 2 rings (SSSR count). The van der Waals surface area contributed by atoms with Crippen molar-refractivity contribution in [2.75, 3.05) is 0 Å². The number of carboxylic acid groups (broad SMARTS) is 1. The molecule has 0 fully saturated rings. The van der Waals surface area contributed by atoms with Crippen LogP contribution in [-0.4, -0.2) is 20.9 Å². The number of carboxylic acids is 1. The lowest BCUT2D eigenvalue weighted by Gasteiger charge is -2.04. The van der Waals surface area contributed by atoms with Crippen LogP contribution in [0.25, 0.3) is 0 Å². The van der Waals surface area contributed by atoms with Gasteiger partial charge in [-0.3, -0.25) is 4.68 Å². The van der Waals surface area contributed by atoms with Gasteiger partial charge in [0.15, 0.2) is 0 Å². The molecule has 108 valence electrons. The van der Waals surface area contributed by atoms with Crippen molar-refractivity contribution >= 4 is 40.7 Å². The summed E-state index contributed by atoms with van der Waals surface area (Å²) in [5, 5.41) is 16.0. The van der Waals surface area contributed by atoms with Crippen LogP contribution in [-0.2, 0) is 18.7 Å². The molecule has 0 aliphatic heterocycles. The summed E-state index contributed by atoms with van der Waals surface area (Å²) >= 11 is 9.16. The van der Waals surface area contributed by atoms with Gasteiger partial charge in [-0.15, -0.1) is 23.1 Å². The number of hydrogen-bond donors (Lipinski definition) is 1. The van der Waals surface area contributed by atoms with E-state index in [2.05, 4.69) is 5.10 Å². The summed E-state index contributed by atoms with van der Waals surface area (Å²) in [7, 11) is 0. The van der Waals surface area contributed by atoms with Gasteiger partial charge in [-0.2, -0.15) is 5.10 Å². The number of carbonyl (C=O) groups is 1. The quantitative estimate of drug-likeness (QED) is 0.808. The van der Waals surface area contributed by atoms with Gasteiger partial charge in [0.25, 0.3) is 0 Å². The first-order chi connectivity index (χ1) is 9.56. The van der Waals surface area contributed by atoms with Gasteiger partial charge in [0.2, 0.25) is 0 Å². The Balaban J connectivity index is 2.13. The molecule has 0 saturated heterocycles. The van der Waals surface area contributed by atoms with Gasteiger partial charge in [-0.05, 0) is 19.4 Å². The summed E-state index contributed by atoms with van der Waals surface area (Å²) in [4.78, 5) is 12.2. The maximum atomic E-state index is 10.9. The molecule has 0 atom stereocenters. The number of aryl methyl sites for hydroxylation is 2. The summed E-state index contributed by atoms with van der Waals surface area (Å²) in [6, 6.07) is 1.69. The Labute approximate surface area is 130 Å². The molecule has 0 radical (unpaired) electrons. The maximum Gasteiger partial charge on any atom is 0.345 e. The van der Waals surface area contributed by atoms with Gasteiger partial charge in [0, 0.05) is 22.6 Å². The molecular formula is C13H15ClN2O2S2. The normalized spacial score (nSPS) is 10.9. The zero-order chi connectivity index (χ0) is 14.7. The second-order valence-corrected chi connectivity index (χ2v) is 6.46. The van der Waals surface area contributed by atoms with Crippen LogP contribution in [0.15, 0.2) is 16.3 Å². The SMILES string of the molecule is CCc1nn(CC)c(CSc2csc(C(=O)O)c2)c1Cl. The van der Waals surface area contributed by atoms with E-state index in [-0.39, 0.29) is 0 Å². The molecule has 2 aromatic heterocycles. The molecule has 0 spiro atoms. The Bertz CT molecular complexity index is 622. The van der Waals surface area contributed by atoms with Crippen molar-refractivity contribution in [1.29, 1.82) is 0 Å². The average molecular weight is 331 g/mol. The molecule has 20 heavy (non-hydrogen) atoms. The van der Waals surface area contributed by atoms with Crippen LogP contribution in [0.5, 0.6) is 0 Å². The fourth-order valence-electron chi connectivity index (χ4n) is 1.81. The van der Waals surface area contributed by atoms with Crippen molar-refractivity contribution < 1.29 is 9.90 Å². The molecule has 0 saturated carbocycles. The first-order valence-corrected chi connectivity index (χ1v) is 8.49. The monoisotopic (exact) mass is 330 g/mol. The summed E-state index contributed by atoms with van der Waals surface area (Å²) < 4.78 is 1.92. The van der Waals surface area contributed by atoms with Crippen molar-refractivity contribution in [1.82, 2.24) is 9.78 Å². The second-order valence-electron chi connectivity index (χ2n) is 4.12. The second kappa shape index (κ2) is 6.65. The third-order valence-corrected chi connectivity index (χ3v) is 5.35. The van der Waals surface area contributed by atoms with E-state index in [1.54, 1.807) is 17.8 Å². The lowest BCUT2D eigenvalue weighted by atomic mass is 10.3. The Morgan fingerprint density at radius 3 is 2.85 bits per heavy atom. The van der Waals surface area contributed by atoms with Crippen LogP contribution in [0.1, 0.15) is 34.9 Å². The zero-order valence-electron chi connectivity index (χ0n) is 11.2. The number of aromatic carboxylic acids is 1. The van der Waals surface area contributed by atoms with E-state index in [1.807, 2.05) is 23.9 Å². The number of hydrogen-bond acceptors (Lipinski definition) is 4. The minimum absolute atomic E-state index is 0.358. The van der Waals surface area contributed by atoms with E-state index in [0.29, 0.717) is 10.6 Å². The summed E-state index contributed by atoms with van der Waals surface area (Å²) in [6.45, 7) is 4.84. The third kappa shape index (κ3) is 3.19. The van der Waals surface area contributed by atoms with Crippen molar-refractivity contribution in [3.05, 3.63) is 32.7 Å². The highest BCUT2D eigenvalue weighted by Gasteiger charge is 2.15. The molecule has 7 heteroatoms. The van der Waals surface area contributed by atoms with E-state index in [4.69, 9.17) is 16.7 Å². The first-order valence-electron chi connectivity index (χ1n) is 6.25. The highest BCUT2D eigenvalue weighted by molar-refractivity contribution is 7.98. The van der Waals surface area contributed by atoms with Crippen molar-refractivity contribution in [3.63, 3.8) is 0 Å². The number of nitrogens with zero attached hydrogens (tertiary/aromatic N) is 2. The number of thiophene rings is 1. The van der Waals surface area contributed by atoms with Gasteiger partial charge >= 0.3 is 5.97 Å². The largest absolute Gasteiger partial charge is 0.477 e. The number of halogens is 1. The van der Waals surface area contributed by atoms with E-state index in [9.17, 15) is 4.79 Å². The molecule has 4 nitrogen and oxygen atoms in total. The Morgan fingerprint density at radius 1 is 1.55 bits per heavy atom. The fourth-order valence-corrected chi connectivity index (χ4v) is 4.12. The van der Waals surface area contributed by atoms with E-state index in [0.717, 1.165) is 34.3 Å². The topological polar surface area (TPSA) is 55.1 Å². The Kier molecular flexibility index (Phi) is 5.12. The lowest BCUT2D eigenvalue weighted by molar-refractivity contribution is 0.0702. The van der Waals surface area contributed by atoms with Crippen molar-refractivity contribution in [2.45, 2.75) is 37.5 Å². The highest BCUT2D eigenvalue weighted by atomic mass is 35.5. The predicted molar refractivity (Wildman–Crippen MR) is 83.1 cm³/mol. The van der Waals surface area contributed by atoms with Gasteiger partial charge in [-0.25, -0.2) is 4.79 Å². The number of thioether (sulfide) groups is 1. The minimum atomic E-state index is -0.883. The van der Waals surface area contributed by atoms with Gasteiger partial charge < -0.3 is 5.11 Å². The Hall–Kier alpha value is -0.980.